The largest absolute Gasteiger partial charge is 0.355 e. The number of pyridine rings is 1. The number of hydrogen-bond acceptors (Lipinski definition) is 4. The fraction of sp³-hybridized carbons (Fsp3) is 0.100. The fourth-order valence-electron chi connectivity index (χ4n) is 2.75. The molecule has 0 spiro atoms. The van der Waals surface area contributed by atoms with E-state index < -0.39 is 0 Å². The molecule has 3 nitrogen and oxygen atoms in total. The summed E-state index contributed by atoms with van der Waals surface area (Å²) >= 11 is 1.60. The molecule has 0 fully saturated rings. The van der Waals surface area contributed by atoms with Crippen LogP contribution in [0.3, 0.4) is 0 Å². The Morgan fingerprint density at radius 3 is 2.64 bits per heavy atom. The molecule has 0 aliphatic rings. The van der Waals surface area contributed by atoms with E-state index in [1.54, 1.807) is 35.9 Å². The quantitative estimate of drug-likeness (QED) is 0.516. The summed E-state index contributed by atoms with van der Waals surface area (Å²) in [6.45, 7) is 2.00. The summed E-state index contributed by atoms with van der Waals surface area (Å²) in [5.41, 5.74) is 4.13. The highest BCUT2D eigenvalue weighted by atomic mass is 32.1. The van der Waals surface area contributed by atoms with Crippen LogP contribution in [0, 0.1) is 5.82 Å². The molecule has 0 bridgehead atoms. The molecule has 2 aromatic carbocycles. The Morgan fingerprint density at radius 2 is 1.84 bits per heavy atom. The van der Waals surface area contributed by atoms with E-state index in [1.807, 2.05) is 31.2 Å². The van der Waals surface area contributed by atoms with E-state index in [-0.39, 0.29) is 11.9 Å². The van der Waals surface area contributed by atoms with Crippen molar-refractivity contribution in [3.8, 4) is 11.1 Å². The molecule has 2 aromatic heterocycles. The Bertz CT molecular complexity index is 1010. The molecule has 0 aliphatic carbocycles. The van der Waals surface area contributed by atoms with Crippen LogP contribution in [0.25, 0.3) is 21.3 Å². The molecule has 0 unspecified atom stereocenters. The van der Waals surface area contributed by atoms with Gasteiger partial charge in [-0.25, -0.2) is 9.37 Å². The summed E-state index contributed by atoms with van der Waals surface area (Å²) in [7, 11) is 0. The van der Waals surface area contributed by atoms with E-state index in [2.05, 4.69) is 27.4 Å². The lowest BCUT2D eigenvalue weighted by molar-refractivity contribution is 0.623. The van der Waals surface area contributed by atoms with Gasteiger partial charge in [-0.05, 0) is 60.0 Å². The maximum absolute atomic E-state index is 13.4. The van der Waals surface area contributed by atoms with Crippen molar-refractivity contribution in [2.24, 2.45) is 0 Å². The minimum Gasteiger partial charge on any atom is -0.355 e. The Labute approximate surface area is 149 Å². The third-order valence-corrected chi connectivity index (χ3v) is 5.04. The SMILES string of the molecule is C[C@@H](Nc1nc2ccc(-c3ccncc3)cc2s1)c1cccc(F)c1. The van der Waals surface area contributed by atoms with Crippen LogP contribution in [-0.2, 0) is 0 Å². The van der Waals surface area contributed by atoms with Crippen LogP contribution in [-0.4, -0.2) is 9.97 Å². The molecule has 0 saturated carbocycles. The van der Waals surface area contributed by atoms with Gasteiger partial charge in [0.25, 0.3) is 0 Å². The summed E-state index contributed by atoms with van der Waals surface area (Å²) in [6, 6.07) is 16.8. The number of thiazole rings is 1. The third kappa shape index (κ3) is 3.37. The summed E-state index contributed by atoms with van der Waals surface area (Å²) in [5, 5.41) is 4.20. The molecule has 4 rings (SSSR count). The minimum atomic E-state index is -0.225. The Kier molecular flexibility index (Phi) is 4.15. The zero-order chi connectivity index (χ0) is 17.2. The summed E-state index contributed by atoms with van der Waals surface area (Å²) in [5.74, 6) is -0.225. The molecule has 1 N–H and O–H groups in total. The monoisotopic (exact) mass is 349 g/mol. The van der Waals surface area contributed by atoms with Crippen molar-refractivity contribution in [3.63, 3.8) is 0 Å². The molecular weight excluding hydrogens is 333 g/mol. The second-order valence-electron chi connectivity index (χ2n) is 5.86. The van der Waals surface area contributed by atoms with Gasteiger partial charge in [0.2, 0.25) is 0 Å². The van der Waals surface area contributed by atoms with Crippen LogP contribution in [0.4, 0.5) is 9.52 Å². The average molecular weight is 349 g/mol. The molecule has 0 saturated heterocycles. The highest BCUT2D eigenvalue weighted by molar-refractivity contribution is 7.22. The van der Waals surface area contributed by atoms with E-state index in [0.717, 1.165) is 32.0 Å². The number of benzene rings is 2. The maximum atomic E-state index is 13.4. The van der Waals surface area contributed by atoms with Gasteiger partial charge in [0.1, 0.15) is 5.82 Å². The third-order valence-electron chi connectivity index (χ3n) is 4.09. The predicted octanol–water partition coefficient (Wildman–Crippen LogP) is 5.67. The van der Waals surface area contributed by atoms with Crippen molar-refractivity contribution >= 4 is 26.7 Å². The van der Waals surface area contributed by atoms with Crippen LogP contribution in [0.15, 0.2) is 67.0 Å². The van der Waals surface area contributed by atoms with Crippen LogP contribution < -0.4 is 5.32 Å². The fourth-order valence-corrected chi connectivity index (χ4v) is 3.75. The van der Waals surface area contributed by atoms with E-state index in [9.17, 15) is 4.39 Å². The Balaban J connectivity index is 1.61. The van der Waals surface area contributed by atoms with Gasteiger partial charge in [-0.15, -0.1) is 0 Å². The molecule has 0 radical (unpaired) electrons. The first kappa shape index (κ1) is 15.7. The standard InChI is InChI=1S/C20H16FN3S/c1-13(15-3-2-4-17(21)11-15)23-20-24-18-6-5-16(12-19(18)25-20)14-7-9-22-10-8-14/h2-13H,1H3,(H,23,24)/t13-/m1/s1. The molecule has 0 aliphatic heterocycles. The molecule has 4 aromatic rings. The van der Waals surface area contributed by atoms with Crippen LogP contribution in [0.2, 0.25) is 0 Å². The van der Waals surface area contributed by atoms with Gasteiger partial charge in [0.05, 0.1) is 16.3 Å². The lowest BCUT2D eigenvalue weighted by atomic mass is 10.1. The second kappa shape index (κ2) is 6.61. The Hall–Kier alpha value is -2.79. The molecule has 0 amide bonds. The van der Waals surface area contributed by atoms with Crippen molar-refractivity contribution < 1.29 is 4.39 Å². The Morgan fingerprint density at radius 1 is 1.00 bits per heavy atom. The molecule has 1 atom stereocenters. The number of nitrogens with zero attached hydrogens (tertiary/aromatic N) is 2. The molecule has 2 heterocycles. The number of hydrogen-bond donors (Lipinski definition) is 1. The van der Waals surface area contributed by atoms with E-state index >= 15 is 0 Å². The maximum Gasteiger partial charge on any atom is 0.184 e. The number of halogens is 1. The topological polar surface area (TPSA) is 37.8 Å². The summed E-state index contributed by atoms with van der Waals surface area (Å²) in [6.07, 6.45) is 3.58. The smallest absolute Gasteiger partial charge is 0.184 e. The predicted molar refractivity (Wildman–Crippen MR) is 101 cm³/mol. The first-order chi connectivity index (χ1) is 12.2. The van der Waals surface area contributed by atoms with Gasteiger partial charge in [0, 0.05) is 12.4 Å². The van der Waals surface area contributed by atoms with Gasteiger partial charge in [-0.2, -0.15) is 0 Å². The molecule has 25 heavy (non-hydrogen) atoms. The van der Waals surface area contributed by atoms with Crippen molar-refractivity contribution in [1.82, 2.24) is 9.97 Å². The normalized spacial score (nSPS) is 12.2. The van der Waals surface area contributed by atoms with Crippen molar-refractivity contribution in [2.75, 3.05) is 5.32 Å². The van der Waals surface area contributed by atoms with Crippen LogP contribution in [0.5, 0.6) is 0 Å². The first-order valence-electron chi connectivity index (χ1n) is 8.02. The number of fused-ring (bicyclic) bond motifs is 1. The van der Waals surface area contributed by atoms with Crippen molar-refractivity contribution in [1.29, 1.82) is 0 Å². The number of rotatable bonds is 4. The van der Waals surface area contributed by atoms with E-state index in [4.69, 9.17) is 0 Å². The van der Waals surface area contributed by atoms with Crippen LogP contribution >= 0.6 is 11.3 Å². The highest BCUT2D eigenvalue weighted by Crippen LogP contribution is 2.32. The zero-order valence-electron chi connectivity index (χ0n) is 13.6. The zero-order valence-corrected chi connectivity index (χ0v) is 14.4. The number of nitrogens with one attached hydrogen (secondary N) is 1. The molecular formula is C20H16FN3S. The molecule has 5 heteroatoms. The van der Waals surface area contributed by atoms with Gasteiger partial charge >= 0.3 is 0 Å². The summed E-state index contributed by atoms with van der Waals surface area (Å²) in [4.78, 5) is 8.70. The highest BCUT2D eigenvalue weighted by Gasteiger charge is 2.10. The number of aromatic nitrogens is 2. The number of anilines is 1. The van der Waals surface area contributed by atoms with Crippen molar-refractivity contribution in [2.45, 2.75) is 13.0 Å². The molecule has 124 valence electrons. The second-order valence-corrected chi connectivity index (χ2v) is 6.89. The van der Waals surface area contributed by atoms with E-state index in [0.29, 0.717) is 0 Å². The lowest BCUT2D eigenvalue weighted by Gasteiger charge is -2.13. The van der Waals surface area contributed by atoms with Crippen molar-refractivity contribution in [3.05, 3.63) is 78.4 Å². The average Bonchev–Trinajstić information content (AvgIpc) is 3.03. The van der Waals surface area contributed by atoms with Gasteiger partial charge in [0.15, 0.2) is 5.13 Å². The first-order valence-corrected chi connectivity index (χ1v) is 8.84. The summed E-state index contributed by atoms with van der Waals surface area (Å²) < 4.78 is 14.5. The van der Waals surface area contributed by atoms with Gasteiger partial charge < -0.3 is 5.32 Å². The van der Waals surface area contributed by atoms with Crippen LogP contribution in [0.1, 0.15) is 18.5 Å². The van der Waals surface area contributed by atoms with Gasteiger partial charge in [-0.1, -0.05) is 29.5 Å². The lowest BCUT2D eigenvalue weighted by Crippen LogP contribution is -2.06. The van der Waals surface area contributed by atoms with Gasteiger partial charge in [-0.3, -0.25) is 4.98 Å². The van der Waals surface area contributed by atoms with E-state index in [1.165, 1.54) is 6.07 Å². The minimum absolute atomic E-state index is 0.0177.